The number of benzene rings is 1. The molecule has 0 aliphatic carbocycles. The van der Waals surface area contributed by atoms with Crippen molar-refractivity contribution in [2.75, 3.05) is 6.54 Å². The van der Waals surface area contributed by atoms with Crippen LogP contribution in [-0.4, -0.2) is 23.5 Å². The highest BCUT2D eigenvalue weighted by Gasteiger charge is 2.17. The first-order valence-corrected chi connectivity index (χ1v) is 5.98. The van der Waals surface area contributed by atoms with Crippen molar-refractivity contribution in [1.29, 1.82) is 0 Å². The highest BCUT2D eigenvalue weighted by Crippen LogP contribution is 2.06. The zero-order valence-electron chi connectivity index (χ0n) is 10.7. The smallest absolute Gasteiger partial charge is 0.332 e. The molecule has 0 aliphatic heterocycles. The van der Waals surface area contributed by atoms with Crippen LogP contribution in [0.25, 0.3) is 0 Å². The summed E-state index contributed by atoms with van der Waals surface area (Å²) in [5.41, 5.74) is 0.396. The lowest BCUT2D eigenvalue weighted by Crippen LogP contribution is -2.33. The Morgan fingerprint density at radius 2 is 1.84 bits per heavy atom. The van der Waals surface area contributed by atoms with E-state index in [1.807, 2.05) is 0 Å². The minimum Gasteiger partial charge on any atom is -0.332 e. The van der Waals surface area contributed by atoms with Crippen LogP contribution in [0.5, 0.6) is 0 Å². The summed E-state index contributed by atoms with van der Waals surface area (Å²) in [4.78, 5) is 28.7. The summed E-state index contributed by atoms with van der Waals surface area (Å²) in [6.07, 6.45) is 3.93. The number of carbonyl (C=O) groups is 2. The average molecular weight is 259 g/mol. The molecule has 0 heterocycles. The molecule has 0 fully saturated rings. The van der Waals surface area contributed by atoms with Crippen LogP contribution in [0.2, 0.25) is 0 Å². The number of hydrogen-bond acceptors (Lipinski definition) is 3. The fourth-order valence-corrected chi connectivity index (χ4v) is 1.38. The summed E-state index contributed by atoms with van der Waals surface area (Å²) in [6.45, 7) is 7.25. The Morgan fingerprint density at radius 1 is 1.16 bits per heavy atom. The third kappa shape index (κ3) is 4.79. The Hall–Kier alpha value is -2.36. The molecule has 0 atom stereocenters. The molecule has 1 aromatic carbocycles. The van der Waals surface area contributed by atoms with Crippen LogP contribution < -0.4 is 0 Å². The van der Waals surface area contributed by atoms with Gasteiger partial charge in [0.2, 0.25) is 0 Å². The van der Waals surface area contributed by atoms with Gasteiger partial charge in [-0.15, -0.1) is 13.2 Å². The van der Waals surface area contributed by atoms with E-state index in [-0.39, 0.29) is 18.9 Å². The Labute approximate surface area is 112 Å². The van der Waals surface area contributed by atoms with E-state index >= 15 is 0 Å². The van der Waals surface area contributed by atoms with E-state index in [0.29, 0.717) is 12.0 Å². The fourth-order valence-electron chi connectivity index (χ4n) is 1.38. The van der Waals surface area contributed by atoms with Crippen LogP contribution in [-0.2, 0) is 9.63 Å². The number of rotatable bonds is 6. The topological polar surface area (TPSA) is 46.6 Å². The number of allylic oxidation sites excluding steroid dienone is 1. The van der Waals surface area contributed by atoms with Crippen LogP contribution >= 0.6 is 0 Å². The maximum atomic E-state index is 11.8. The molecule has 4 heteroatoms. The standard InChI is InChI=1S/C15H17NO3/c1-3-5-11-14(17)16(12-4-2)19-15(18)13-9-7-6-8-10-13/h3-4,6-10H,1-2,5,11-12H2. The lowest BCUT2D eigenvalue weighted by molar-refractivity contribution is -0.164. The van der Waals surface area contributed by atoms with Crippen LogP contribution in [0.15, 0.2) is 55.6 Å². The van der Waals surface area contributed by atoms with Gasteiger partial charge in [-0.3, -0.25) is 4.79 Å². The fraction of sp³-hybridized carbons (Fsp3) is 0.200. The van der Waals surface area contributed by atoms with Crippen molar-refractivity contribution in [2.24, 2.45) is 0 Å². The third-order valence-electron chi connectivity index (χ3n) is 2.34. The van der Waals surface area contributed by atoms with Gasteiger partial charge in [0.15, 0.2) is 0 Å². The molecule has 4 nitrogen and oxygen atoms in total. The van der Waals surface area contributed by atoms with Gasteiger partial charge in [-0.05, 0) is 18.6 Å². The number of amides is 1. The quantitative estimate of drug-likeness (QED) is 0.583. The lowest BCUT2D eigenvalue weighted by atomic mass is 10.2. The van der Waals surface area contributed by atoms with E-state index in [9.17, 15) is 9.59 Å². The minimum atomic E-state index is -0.561. The molecule has 0 N–H and O–H groups in total. The summed E-state index contributed by atoms with van der Waals surface area (Å²) in [5.74, 6) is -0.835. The maximum Gasteiger partial charge on any atom is 0.363 e. The van der Waals surface area contributed by atoms with Gasteiger partial charge in [0, 0.05) is 6.42 Å². The summed E-state index contributed by atoms with van der Waals surface area (Å²) >= 11 is 0. The van der Waals surface area contributed by atoms with Crippen LogP contribution in [0.1, 0.15) is 23.2 Å². The first kappa shape index (κ1) is 14.7. The molecule has 0 saturated carbocycles. The lowest BCUT2D eigenvalue weighted by Gasteiger charge is -2.19. The summed E-state index contributed by atoms with van der Waals surface area (Å²) in [5, 5.41) is 1.02. The second-order valence-electron chi connectivity index (χ2n) is 3.82. The van der Waals surface area contributed by atoms with E-state index in [0.717, 1.165) is 5.06 Å². The molecule has 1 rings (SSSR count). The molecule has 1 amide bonds. The van der Waals surface area contributed by atoms with E-state index in [4.69, 9.17) is 4.84 Å². The Kier molecular flexibility index (Phi) is 6.09. The zero-order valence-corrected chi connectivity index (χ0v) is 10.7. The number of hydrogen-bond donors (Lipinski definition) is 0. The predicted octanol–water partition coefficient (Wildman–Crippen LogP) is 2.74. The monoisotopic (exact) mass is 259 g/mol. The SMILES string of the molecule is C=CCCC(=O)N(CC=C)OC(=O)c1ccccc1. The molecule has 0 radical (unpaired) electrons. The first-order valence-electron chi connectivity index (χ1n) is 5.98. The normalized spacial score (nSPS) is 9.47. The molecule has 0 aliphatic rings. The van der Waals surface area contributed by atoms with E-state index in [2.05, 4.69) is 13.2 Å². The van der Waals surface area contributed by atoms with Crippen LogP contribution in [0, 0.1) is 0 Å². The minimum absolute atomic E-state index is 0.161. The Morgan fingerprint density at radius 3 is 2.42 bits per heavy atom. The van der Waals surface area contributed by atoms with E-state index < -0.39 is 5.97 Å². The molecule has 0 bridgehead atoms. The number of nitrogens with zero attached hydrogens (tertiary/aromatic N) is 1. The molecule has 0 aromatic heterocycles. The van der Waals surface area contributed by atoms with Gasteiger partial charge in [0.1, 0.15) is 0 Å². The van der Waals surface area contributed by atoms with Crippen LogP contribution in [0.4, 0.5) is 0 Å². The van der Waals surface area contributed by atoms with Gasteiger partial charge in [-0.25, -0.2) is 4.79 Å². The maximum absolute atomic E-state index is 11.8. The molecule has 0 saturated heterocycles. The summed E-state index contributed by atoms with van der Waals surface area (Å²) in [6, 6.07) is 8.51. The van der Waals surface area contributed by atoms with Crippen molar-refractivity contribution >= 4 is 11.9 Å². The van der Waals surface area contributed by atoms with Crippen LogP contribution in [0.3, 0.4) is 0 Å². The van der Waals surface area contributed by atoms with E-state index in [1.54, 1.807) is 36.4 Å². The van der Waals surface area contributed by atoms with Crippen molar-refractivity contribution in [3.8, 4) is 0 Å². The van der Waals surface area contributed by atoms with Gasteiger partial charge in [-0.2, -0.15) is 5.06 Å². The largest absolute Gasteiger partial charge is 0.363 e. The Bertz CT molecular complexity index is 454. The van der Waals surface area contributed by atoms with E-state index in [1.165, 1.54) is 6.08 Å². The summed E-state index contributed by atoms with van der Waals surface area (Å²) in [7, 11) is 0. The second-order valence-corrected chi connectivity index (χ2v) is 3.82. The van der Waals surface area contributed by atoms with Gasteiger partial charge in [0.25, 0.3) is 5.91 Å². The van der Waals surface area contributed by atoms with Gasteiger partial charge >= 0.3 is 5.97 Å². The van der Waals surface area contributed by atoms with Crippen molar-refractivity contribution in [3.63, 3.8) is 0 Å². The third-order valence-corrected chi connectivity index (χ3v) is 2.34. The first-order chi connectivity index (χ1) is 9.19. The van der Waals surface area contributed by atoms with Gasteiger partial charge < -0.3 is 4.84 Å². The molecule has 0 spiro atoms. The molecule has 100 valence electrons. The van der Waals surface area contributed by atoms with Gasteiger partial charge in [0.05, 0.1) is 12.1 Å². The van der Waals surface area contributed by atoms with Crippen molar-refractivity contribution < 1.29 is 14.4 Å². The average Bonchev–Trinajstić information content (AvgIpc) is 2.45. The van der Waals surface area contributed by atoms with Crippen molar-refractivity contribution in [2.45, 2.75) is 12.8 Å². The number of carbonyl (C=O) groups excluding carboxylic acids is 2. The highest BCUT2D eigenvalue weighted by molar-refractivity contribution is 5.90. The molecular formula is C15H17NO3. The van der Waals surface area contributed by atoms with Gasteiger partial charge in [-0.1, -0.05) is 30.4 Å². The predicted molar refractivity (Wildman–Crippen MR) is 73.2 cm³/mol. The Balaban J connectivity index is 2.67. The molecule has 1 aromatic rings. The molecular weight excluding hydrogens is 242 g/mol. The highest BCUT2D eigenvalue weighted by atomic mass is 16.7. The van der Waals surface area contributed by atoms with Crippen molar-refractivity contribution in [3.05, 3.63) is 61.2 Å². The number of hydroxylamine groups is 2. The molecule has 19 heavy (non-hydrogen) atoms. The van der Waals surface area contributed by atoms with Crippen molar-refractivity contribution in [1.82, 2.24) is 5.06 Å². The molecule has 0 unspecified atom stereocenters. The summed E-state index contributed by atoms with van der Waals surface area (Å²) < 4.78 is 0. The zero-order chi connectivity index (χ0) is 14.1. The second kappa shape index (κ2) is 7.87.